The van der Waals surface area contributed by atoms with Crippen molar-refractivity contribution in [2.45, 2.75) is 5.54 Å². The molecule has 0 aliphatic carbocycles. The number of imidazole rings is 1. The van der Waals surface area contributed by atoms with E-state index in [1.807, 2.05) is 60.1 Å². The van der Waals surface area contributed by atoms with Crippen LogP contribution in [0.5, 0.6) is 5.75 Å². The molecule has 8 heteroatoms. The Hall–Kier alpha value is -3.39. The Balaban J connectivity index is 1.83. The average Bonchev–Trinajstić information content (AvgIpc) is 3.49. The summed E-state index contributed by atoms with van der Waals surface area (Å²) in [6.07, 6.45) is 3.51. The van der Waals surface area contributed by atoms with Gasteiger partial charge in [0.05, 0.1) is 35.2 Å². The summed E-state index contributed by atoms with van der Waals surface area (Å²) in [5.41, 5.74) is 10.4. The molecule has 2 N–H and O–H groups in total. The SMILES string of the molecule is COc1cccc(-c2cc(=O)n(C)c3ccc(C(N)(c4ccc(Cl)s4)c4cncn4C)cc23)c1. The van der Waals surface area contributed by atoms with Crippen molar-refractivity contribution in [3.8, 4) is 16.9 Å². The predicted molar refractivity (Wildman–Crippen MR) is 138 cm³/mol. The molecular weight excluding hydrogens is 468 g/mol. The first-order valence-corrected chi connectivity index (χ1v) is 11.8. The summed E-state index contributed by atoms with van der Waals surface area (Å²) in [5, 5.41) is 0.910. The minimum atomic E-state index is -0.988. The van der Waals surface area contributed by atoms with Crippen LogP contribution in [-0.4, -0.2) is 21.2 Å². The molecule has 3 heterocycles. The third kappa shape index (κ3) is 3.53. The minimum absolute atomic E-state index is 0.0891. The van der Waals surface area contributed by atoms with E-state index in [4.69, 9.17) is 22.1 Å². The van der Waals surface area contributed by atoms with Gasteiger partial charge in [0.1, 0.15) is 11.3 Å². The maximum atomic E-state index is 12.8. The van der Waals surface area contributed by atoms with Gasteiger partial charge in [-0.25, -0.2) is 4.98 Å². The fourth-order valence-corrected chi connectivity index (χ4v) is 5.59. The van der Waals surface area contributed by atoms with Gasteiger partial charge in [-0.3, -0.25) is 4.79 Å². The quantitative estimate of drug-likeness (QED) is 0.379. The van der Waals surface area contributed by atoms with Gasteiger partial charge in [0.2, 0.25) is 0 Å². The average molecular weight is 491 g/mol. The van der Waals surface area contributed by atoms with E-state index in [1.54, 1.807) is 37.3 Å². The standard InChI is InChI=1S/C26H23ClN4O2S/c1-30-15-29-14-22(30)26(28,23-9-10-24(27)34-23)17-7-8-21-20(12-17)19(13-25(32)31(21)2)16-5-4-6-18(11-16)33-3/h4-15H,28H2,1-3H3. The van der Waals surface area contributed by atoms with Gasteiger partial charge in [-0.2, -0.15) is 0 Å². The summed E-state index contributed by atoms with van der Waals surface area (Å²) >= 11 is 7.75. The molecule has 0 saturated heterocycles. The van der Waals surface area contributed by atoms with Crippen molar-refractivity contribution in [1.82, 2.24) is 14.1 Å². The maximum Gasteiger partial charge on any atom is 0.251 e. The molecule has 1 atom stereocenters. The van der Waals surface area contributed by atoms with E-state index in [1.165, 1.54) is 11.3 Å². The van der Waals surface area contributed by atoms with Gasteiger partial charge in [0.15, 0.2) is 0 Å². The molecule has 34 heavy (non-hydrogen) atoms. The number of halogens is 1. The second-order valence-corrected chi connectivity index (χ2v) is 9.94. The molecule has 3 aromatic heterocycles. The molecule has 6 nitrogen and oxygen atoms in total. The van der Waals surface area contributed by atoms with Gasteiger partial charge in [-0.1, -0.05) is 29.8 Å². The fraction of sp³-hybridized carbons (Fsp3) is 0.154. The van der Waals surface area contributed by atoms with Crippen molar-refractivity contribution in [3.05, 3.63) is 104 Å². The summed E-state index contributed by atoms with van der Waals surface area (Å²) in [4.78, 5) is 18.0. The summed E-state index contributed by atoms with van der Waals surface area (Å²) in [6, 6.07) is 19.1. The van der Waals surface area contributed by atoms with Crippen molar-refractivity contribution in [2.24, 2.45) is 19.8 Å². The van der Waals surface area contributed by atoms with Gasteiger partial charge in [-0.15, -0.1) is 11.3 Å². The third-order valence-corrected chi connectivity index (χ3v) is 7.63. The molecule has 0 fully saturated rings. The van der Waals surface area contributed by atoms with Crippen LogP contribution in [0.1, 0.15) is 16.1 Å². The first-order valence-electron chi connectivity index (χ1n) is 10.6. The van der Waals surface area contributed by atoms with Gasteiger partial charge < -0.3 is 19.6 Å². The third-order valence-electron chi connectivity index (χ3n) is 6.27. The molecule has 0 amide bonds. The van der Waals surface area contributed by atoms with E-state index in [-0.39, 0.29) is 5.56 Å². The summed E-state index contributed by atoms with van der Waals surface area (Å²) in [6.45, 7) is 0. The van der Waals surface area contributed by atoms with Crippen LogP contribution in [-0.2, 0) is 19.6 Å². The molecule has 0 saturated carbocycles. The molecule has 1 unspecified atom stereocenters. The van der Waals surface area contributed by atoms with Crippen LogP contribution >= 0.6 is 22.9 Å². The lowest BCUT2D eigenvalue weighted by molar-refractivity contribution is 0.415. The van der Waals surface area contributed by atoms with Gasteiger partial charge in [0, 0.05) is 30.4 Å². The molecule has 2 aromatic carbocycles. The number of thiophene rings is 1. The van der Waals surface area contributed by atoms with Crippen LogP contribution in [0.4, 0.5) is 0 Å². The number of nitrogens with two attached hydrogens (primary N) is 1. The van der Waals surface area contributed by atoms with E-state index in [0.717, 1.165) is 43.9 Å². The molecular formula is C26H23ClN4O2S. The second-order valence-electron chi connectivity index (χ2n) is 8.22. The molecule has 5 aromatic rings. The van der Waals surface area contributed by atoms with Crippen LogP contribution in [0.15, 0.2) is 78.0 Å². The lowest BCUT2D eigenvalue weighted by atomic mass is 9.84. The number of aromatic nitrogens is 3. The number of benzene rings is 2. The van der Waals surface area contributed by atoms with Crippen molar-refractivity contribution in [1.29, 1.82) is 0 Å². The molecule has 172 valence electrons. The van der Waals surface area contributed by atoms with E-state index >= 15 is 0 Å². The number of rotatable bonds is 5. The van der Waals surface area contributed by atoms with Gasteiger partial charge in [-0.05, 0) is 53.1 Å². The monoisotopic (exact) mass is 490 g/mol. The summed E-state index contributed by atoms with van der Waals surface area (Å²) < 4.78 is 9.64. The van der Waals surface area contributed by atoms with Crippen LogP contribution in [0, 0.1) is 0 Å². The topological polar surface area (TPSA) is 75.1 Å². The highest BCUT2D eigenvalue weighted by atomic mass is 35.5. The Morgan fingerprint density at radius 3 is 2.59 bits per heavy atom. The molecule has 0 radical (unpaired) electrons. The lowest BCUT2D eigenvalue weighted by Crippen LogP contribution is -2.40. The van der Waals surface area contributed by atoms with E-state index in [0.29, 0.717) is 4.34 Å². The number of aryl methyl sites for hydroxylation is 2. The Labute approximate surface area is 205 Å². The normalized spacial score (nSPS) is 13.2. The van der Waals surface area contributed by atoms with Crippen molar-refractivity contribution < 1.29 is 4.74 Å². The number of nitrogens with zero attached hydrogens (tertiary/aromatic N) is 3. The largest absolute Gasteiger partial charge is 0.497 e. The molecule has 0 aliphatic rings. The Morgan fingerprint density at radius 1 is 1.09 bits per heavy atom. The summed E-state index contributed by atoms with van der Waals surface area (Å²) in [7, 11) is 5.32. The van der Waals surface area contributed by atoms with Crippen LogP contribution in [0.25, 0.3) is 22.0 Å². The first-order chi connectivity index (χ1) is 16.3. The number of pyridine rings is 1. The van der Waals surface area contributed by atoms with Crippen molar-refractivity contribution in [2.75, 3.05) is 7.11 Å². The van der Waals surface area contributed by atoms with E-state index < -0.39 is 5.54 Å². The van der Waals surface area contributed by atoms with Crippen LogP contribution in [0.3, 0.4) is 0 Å². The Morgan fingerprint density at radius 2 is 1.91 bits per heavy atom. The highest BCUT2D eigenvalue weighted by Crippen LogP contribution is 2.41. The highest BCUT2D eigenvalue weighted by Gasteiger charge is 2.36. The number of hydrogen-bond donors (Lipinski definition) is 1. The first kappa shape index (κ1) is 22.4. The maximum absolute atomic E-state index is 12.8. The van der Waals surface area contributed by atoms with E-state index in [9.17, 15) is 4.79 Å². The molecule has 0 aliphatic heterocycles. The van der Waals surface area contributed by atoms with Crippen LogP contribution in [0.2, 0.25) is 4.34 Å². The number of fused-ring (bicyclic) bond motifs is 1. The lowest BCUT2D eigenvalue weighted by Gasteiger charge is -2.30. The summed E-state index contributed by atoms with van der Waals surface area (Å²) in [5.74, 6) is 0.721. The molecule has 0 spiro atoms. The molecule has 5 rings (SSSR count). The van der Waals surface area contributed by atoms with Crippen molar-refractivity contribution >= 4 is 33.8 Å². The molecule has 0 bridgehead atoms. The predicted octanol–water partition coefficient (Wildman–Crippen LogP) is 4.91. The zero-order valence-electron chi connectivity index (χ0n) is 18.9. The second kappa shape index (κ2) is 8.43. The highest BCUT2D eigenvalue weighted by molar-refractivity contribution is 7.16. The number of hydrogen-bond acceptors (Lipinski definition) is 5. The minimum Gasteiger partial charge on any atom is -0.497 e. The smallest absolute Gasteiger partial charge is 0.251 e. The van der Waals surface area contributed by atoms with Crippen molar-refractivity contribution in [3.63, 3.8) is 0 Å². The Kier molecular flexibility index (Phi) is 5.56. The van der Waals surface area contributed by atoms with E-state index in [2.05, 4.69) is 11.1 Å². The van der Waals surface area contributed by atoms with Gasteiger partial charge in [0.25, 0.3) is 5.56 Å². The Bertz CT molecular complexity index is 1590. The fourth-order valence-electron chi connectivity index (χ4n) is 4.42. The number of methoxy groups -OCH3 is 1. The van der Waals surface area contributed by atoms with Crippen LogP contribution < -0.4 is 16.0 Å². The van der Waals surface area contributed by atoms with Gasteiger partial charge >= 0.3 is 0 Å². The number of ether oxygens (including phenoxy) is 1. The zero-order valence-corrected chi connectivity index (χ0v) is 20.5. The zero-order chi connectivity index (χ0) is 24.0.